The standard InChI is InChI=1S/C20H23N5/c1-2-17-14-21-11-12-25(17)18-9-7-16(8-10-18)23-20-22-13-15-5-3-4-6-19(15)24-20/h3-10,13,17,21H,2,11-12,14H2,1H3,(H,22,23,24). The van der Waals surface area contributed by atoms with Crippen molar-refractivity contribution in [3.8, 4) is 0 Å². The highest BCUT2D eigenvalue weighted by Crippen LogP contribution is 2.23. The van der Waals surface area contributed by atoms with Gasteiger partial charge in [-0.3, -0.25) is 0 Å². The van der Waals surface area contributed by atoms with E-state index in [2.05, 4.69) is 56.7 Å². The van der Waals surface area contributed by atoms with Gasteiger partial charge in [-0.2, -0.15) is 0 Å². The second kappa shape index (κ2) is 7.07. The maximum atomic E-state index is 4.57. The maximum absolute atomic E-state index is 4.57. The van der Waals surface area contributed by atoms with Gasteiger partial charge in [0.05, 0.1) is 5.52 Å². The Morgan fingerprint density at radius 1 is 1.16 bits per heavy atom. The molecule has 25 heavy (non-hydrogen) atoms. The first-order valence-corrected chi connectivity index (χ1v) is 8.90. The summed E-state index contributed by atoms with van der Waals surface area (Å²) in [7, 11) is 0. The van der Waals surface area contributed by atoms with Crippen molar-refractivity contribution in [3.05, 3.63) is 54.7 Å². The number of fused-ring (bicyclic) bond motifs is 1. The molecular formula is C20H23N5. The highest BCUT2D eigenvalue weighted by molar-refractivity contribution is 5.78. The lowest BCUT2D eigenvalue weighted by Gasteiger charge is -2.37. The van der Waals surface area contributed by atoms with Crippen LogP contribution in [0.25, 0.3) is 10.9 Å². The van der Waals surface area contributed by atoms with E-state index in [1.54, 1.807) is 0 Å². The number of nitrogens with one attached hydrogen (secondary N) is 2. The lowest BCUT2D eigenvalue weighted by atomic mass is 10.1. The van der Waals surface area contributed by atoms with Gasteiger partial charge in [-0.1, -0.05) is 25.1 Å². The van der Waals surface area contributed by atoms with Crippen LogP contribution in [0.5, 0.6) is 0 Å². The van der Waals surface area contributed by atoms with Crippen molar-refractivity contribution in [2.75, 3.05) is 29.9 Å². The Hall–Kier alpha value is -2.66. The Balaban J connectivity index is 1.51. The van der Waals surface area contributed by atoms with Crippen LogP contribution in [-0.4, -0.2) is 35.6 Å². The van der Waals surface area contributed by atoms with Crippen LogP contribution in [0.3, 0.4) is 0 Å². The first kappa shape index (κ1) is 15.8. The predicted octanol–water partition coefficient (Wildman–Crippen LogP) is 3.56. The van der Waals surface area contributed by atoms with Crippen molar-refractivity contribution in [3.63, 3.8) is 0 Å². The van der Waals surface area contributed by atoms with Gasteiger partial charge in [0.25, 0.3) is 0 Å². The van der Waals surface area contributed by atoms with E-state index >= 15 is 0 Å². The van der Waals surface area contributed by atoms with Crippen LogP contribution in [0.4, 0.5) is 17.3 Å². The monoisotopic (exact) mass is 333 g/mol. The molecule has 2 aromatic carbocycles. The van der Waals surface area contributed by atoms with Crippen LogP contribution in [0.2, 0.25) is 0 Å². The van der Waals surface area contributed by atoms with Crippen molar-refractivity contribution >= 4 is 28.2 Å². The molecule has 4 rings (SSSR count). The summed E-state index contributed by atoms with van der Waals surface area (Å²) in [4.78, 5) is 11.5. The molecule has 1 aromatic heterocycles. The zero-order chi connectivity index (χ0) is 17.1. The molecule has 1 saturated heterocycles. The maximum Gasteiger partial charge on any atom is 0.227 e. The van der Waals surface area contributed by atoms with Gasteiger partial charge in [-0.25, -0.2) is 9.97 Å². The SMILES string of the molecule is CCC1CNCCN1c1ccc(Nc2ncc3ccccc3n2)cc1. The van der Waals surface area contributed by atoms with E-state index in [-0.39, 0.29) is 0 Å². The molecule has 2 N–H and O–H groups in total. The van der Waals surface area contributed by atoms with Crippen LogP contribution in [0, 0.1) is 0 Å². The molecule has 128 valence electrons. The van der Waals surface area contributed by atoms with Gasteiger partial charge in [0.15, 0.2) is 0 Å². The highest BCUT2D eigenvalue weighted by atomic mass is 15.2. The summed E-state index contributed by atoms with van der Waals surface area (Å²) in [6.45, 7) is 5.40. The van der Waals surface area contributed by atoms with E-state index in [0.29, 0.717) is 12.0 Å². The van der Waals surface area contributed by atoms with Crippen molar-refractivity contribution in [2.24, 2.45) is 0 Å². The largest absolute Gasteiger partial charge is 0.366 e. The normalized spacial score (nSPS) is 17.6. The minimum atomic E-state index is 0.566. The summed E-state index contributed by atoms with van der Waals surface area (Å²) in [5.74, 6) is 0.625. The second-order valence-electron chi connectivity index (χ2n) is 6.38. The fourth-order valence-corrected chi connectivity index (χ4v) is 3.36. The molecule has 5 heteroatoms. The lowest BCUT2D eigenvalue weighted by Crippen LogP contribution is -2.51. The van der Waals surface area contributed by atoms with Gasteiger partial charge in [-0.05, 0) is 36.8 Å². The summed E-state index contributed by atoms with van der Waals surface area (Å²) < 4.78 is 0. The third-order valence-corrected chi connectivity index (χ3v) is 4.77. The van der Waals surface area contributed by atoms with Crippen molar-refractivity contribution in [2.45, 2.75) is 19.4 Å². The molecule has 3 aromatic rings. The summed E-state index contributed by atoms with van der Waals surface area (Å²) in [6, 6.07) is 17.1. The van der Waals surface area contributed by atoms with Crippen molar-refractivity contribution in [1.29, 1.82) is 0 Å². The summed E-state index contributed by atoms with van der Waals surface area (Å²) in [5, 5.41) is 7.82. The minimum absolute atomic E-state index is 0.566. The number of hydrogen-bond acceptors (Lipinski definition) is 5. The molecule has 2 heterocycles. The Morgan fingerprint density at radius 3 is 2.84 bits per heavy atom. The van der Waals surface area contributed by atoms with Gasteiger partial charge < -0.3 is 15.5 Å². The van der Waals surface area contributed by atoms with E-state index < -0.39 is 0 Å². The molecule has 0 spiro atoms. The average molecular weight is 333 g/mol. The molecule has 1 fully saturated rings. The zero-order valence-corrected chi connectivity index (χ0v) is 14.4. The molecule has 1 aliphatic rings. The van der Waals surface area contributed by atoms with Gasteiger partial charge in [0.1, 0.15) is 0 Å². The fourth-order valence-electron chi connectivity index (χ4n) is 3.36. The summed E-state index contributed by atoms with van der Waals surface area (Å²) >= 11 is 0. The third-order valence-electron chi connectivity index (χ3n) is 4.77. The second-order valence-corrected chi connectivity index (χ2v) is 6.38. The number of anilines is 3. The van der Waals surface area contributed by atoms with E-state index in [0.717, 1.165) is 42.6 Å². The molecular weight excluding hydrogens is 310 g/mol. The number of hydrogen-bond donors (Lipinski definition) is 2. The first-order chi connectivity index (χ1) is 12.3. The van der Waals surface area contributed by atoms with Gasteiger partial charge in [-0.15, -0.1) is 0 Å². The molecule has 0 saturated carbocycles. The summed E-state index contributed by atoms with van der Waals surface area (Å²) in [5.41, 5.74) is 3.23. The van der Waals surface area contributed by atoms with E-state index in [1.807, 2.05) is 30.5 Å². The summed E-state index contributed by atoms with van der Waals surface area (Å²) in [6.07, 6.45) is 3.00. The van der Waals surface area contributed by atoms with Crippen LogP contribution in [0.1, 0.15) is 13.3 Å². The van der Waals surface area contributed by atoms with Crippen molar-refractivity contribution < 1.29 is 0 Å². The van der Waals surface area contributed by atoms with Gasteiger partial charge >= 0.3 is 0 Å². The van der Waals surface area contributed by atoms with Crippen molar-refractivity contribution in [1.82, 2.24) is 15.3 Å². The molecule has 0 amide bonds. The Labute approximate surface area is 148 Å². The van der Waals surface area contributed by atoms with Crippen LogP contribution in [0.15, 0.2) is 54.7 Å². The lowest BCUT2D eigenvalue weighted by molar-refractivity contribution is 0.466. The number of nitrogens with zero attached hydrogens (tertiary/aromatic N) is 3. The minimum Gasteiger partial charge on any atom is -0.366 e. The molecule has 1 atom stereocenters. The molecule has 0 bridgehead atoms. The van der Waals surface area contributed by atoms with Gasteiger partial charge in [0, 0.05) is 48.6 Å². The average Bonchev–Trinajstić information content (AvgIpc) is 2.68. The number of piperazine rings is 1. The number of rotatable bonds is 4. The number of para-hydroxylation sites is 1. The number of benzene rings is 2. The molecule has 5 nitrogen and oxygen atoms in total. The molecule has 1 aliphatic heterocycles. The highest BCUT2D eigenvalue weighted by Gasteiger charge is 2.20. The molecule has 0 radical (unpaired) electrons. The Bertz CT molecular complexity index is 846. The van der Waals surface area contributed by atoms with E-state index in [1.165, 1.54) is 5.69 Å². The quantitative estimate of drug-likeness (QED) is 0.764. The topological polar surface area (TPSA) is 53.1 Å². The Morgan fingerprint density at radius 2 is 2.00 bits per heavy atom. The Kier molecular flexibility index (Phi) is 4.48. The molecule has 1 unspecified atom stereocenters. The zero-order valence-electron chi connectivity index (χ0n) is 14.4. The van der Waals surface area contributed by atoms with Crippen LogP contribution in [-0.2, 0) is 0 Å². The van der Waals surface area contributed by atoms with Gasteiger partial charge in [0.2, 0.25) is 5.95 Å². The third kappa shape index (κ3) is 3.42. The smallest absolute Gasteiger partial charge is 0.227 e. The first-order valence-electron chi connectivity index (χ1n) is 8.90. The predicted molar refractivity (Wildman–Crippen MR) is 104 cm³/mol. The molecule has 0 aliphatic carbocycles. The van der Waals surface area contributed by atoms with Crippen LogP contribution >= 0.6 is 0 Å². The fraction of sp³-hybridized carbons (Fsp3) is 0.300. The van der Waals surface area contributed by atoms with E-state index in [4.69, 9.17) is 0 Å². The van der Waals surface area contributed by atoms with E-state index in [9.17, 15) is 0 Å². The number of aromatic nitrogens is 2. The van der Waals surface area contributed by atoms with Crippen LogP contribution < -0.4 is 15.5 Å².